The molecule has 0 aliphatic heterocycles. The molecule has 3 atom stereocenters. The first kappa shape index (κ1) is 15.2. The Balaban J connectivity index is 2.24. The Bertz CT molecular complexity index is 433. The highest BCUT2D eigenvalue weighted by molar-refractivity contribution is 5.27. The van der Waals surface area contributed by atoms with Gasteiger partial charge in [0.2, 0.25) is 0 Å². The molecule has 1 nitrogen and oxygen atoms in total. The van der Waals surface area contributed by atoms with Crippen LogP contribution in [0.2, 0.25) is 0 Å². The molecule has 1 aliphatic rings. The molecule has 1 saturated carbocycles. The summed E-state index contributed by atoms with van der Waals surface area (Å²) in [5.74, 6) is 0. The lowest BCUT2D eigenvalue weighted by atomic mass is 9.69. The lowest BCUT2D eigenvalue weighted by Gasteiger charge is -2.40. The number of hydrogen-bond donors (Lipinski definition) is 0. The molecule has 1 aromatic carbocycles. The Labute approximate surface area is 113 Å². The first-order chi connectivity index (χ1) is 9.32. The molecule has 0 heterocycles. The van der Waals surface area contributed by atoms with Gasteiger partial charge in [0.05, 0.1) is 6.61 Å². The maximum Gasteiger partial charge on any atom is 0.522 e. The van der Waals surface area contributed by atoms with Crippen molar-refractivity contribution in [1.29, 1.82) is 0 Å². The van der Waals surface area contributed by atoms with Crippen LogP contribution in [0.5, 0.6) is 0 Å². The van der Waals surface area contributed by atoms with Crippen molar-refractivity contribution < 1.29 is 26.7 Å². The summed E-state index contributed by atoms with van der Waals surface area (Å²) in [7, 11) is 0. The van der Waals surface area contributed by atoms with Gasteiger partial charge in [-0.05, 0) is 24.8 Å². The number of rotatable bonds is 3. The summed E-state index contributed by atoms with van der Waals surface area (Å²) < 4.78 is 67.7. The molecule has 112 valence electrons. The molecule has 0 aromatic heterocycles. The summed E-state index contributed by atoms with van der Waals surface area (Å²) in [6, 6.07) is 8.31. The van der Waals surface area contributed by atoms with Crippen molar-refractivity contribution in [2.24, 2.45) is 0 Å². The SMILES string of the molecule is FC1CCC(COC(F)(F)F)(c2ccccc2)CC1F. The minimum absolute atomic E-state index is 0.0999. The van der Waals surface area contributed by atoms with Gasteiger partial charge in [-0.1, -0.05) is 30.3 Å². The molecule has 0 spiro atoms. The van der Waals surface area contributed by atoms with E-state index in [4.69, 9.17) is 0 Å². The van der Waals surface area contributed by atoms with Crippen LogP contribution in [0.4, 0.5) is 22.0 Å². The third-order valence-electron chi connectivity index (χ3n) is 3.78. The van der Waals surface area contributed by atoms with Gasteiger partial charge in [0.15, 0.2) is 0 Å². The van der Waals surface area contributed by atoms with E-state index in [0.29, 0.717) is 5.56 Å². The zero-order chi connectivity index (χ0) is 14.8. The number of benzene rings is 1. The van der Waals surface area contributed by atoms with E-state index in [0.717, 1.165) is 0 Å². The Morgan fingerprint density at radius 2 is 1.75 bits per heavy atom. The fourth-order valence-electron chi connectivity index (χ4n) is 2.69. The molecule has 20 heavy (non-hydrogen) atoms. The maximum absolute atomic E-state index is 13.7. The standard InChI is InChI=1S/C14H15F5O/c15-11-6-7-13(8-12(11)16,9-20-14(17,18)19)10-4-2-1-3-5-10/h1-5,11-12H,6-9H2. The molecular formula is C14H15F5O. The molecule has 1 fully saturated rings. The van der Waals surface area contributed by atoms with E-state index in [9.17, 15) is 22.0 Å². The Hall–Kier alpha value is -1.17. The van der Waals surface area contributed by atoms with E-state index in [1.165, 1.54) is 0 Å². The number of halogens is 5. The Morgan fingerprint density at radius 1 is 1.10 bits per heavy atom. The highest BCUT2D eigenvalue weighted by atomic mass is 19.4. The molecule has 0 bridgehead atoms. The van der Waals surface area contributed by atoms with Crippen molar-refractivity contribution in [3.05, 3.63) is 35.9 Å². The first-order valence-electron chi connectivity index (χ1n) is 6.37. The monoisotopic (exact) mass is 294 g/mol. The summed E-state index contributed by atoms with van der Waals surface area (Å²) in [6.07, 6.45) is -8.42. The molecule has 0 saturated heterocycles. The number of hydrogen-bond acceptors (Lipinski definition) is 1. The van der Waals surface area contributed by atoms with Crippen LogP contribution in [0.1, 0.15) is 24.8 Å². The van der Waals surface area contributed by atoms with E-state index in [1.807, 2.05) is 0 Å². The quantitative estimate of drug-likeness (QED) is 0.754. The van der Waals surface area contributed by atoms with E-state index in [-0.39, 0.29) is 19.3 Å². The van der Waals surface area contributed by atoms with Gasteiger partial charge < -0.3 is 0 Å². The van der Waals surface area contributed by atoms with Gasteiger partial charge in [0, 0.05) is 5.41 Å². The highest BCUT2D eigenvalue weighted by Gasteiger charge is 2.45. The molecule has 1 aliphatic carbocycles. The van der Waals surface area contributed by atoms with Crippen LogP contribution >= 0.6 is 0 Å². The van der Waals surface area contributed by atoms with Crippen LogP contribution in [0.15, 0.2) is 30.3 Å². The largest absolute Gasteiger partial charge is 0.522 e. The number of ether oxygens (including phenoxy) is 1. The minimum Gasteiger partial charge on any atom is -0.291 e. The Kier molecular flexibility index (Phi) is 4.32. The van der Waals surface area contributed by atoms with Crippen LogP contribution in [0, 0.1) is 0 Å². The van der Waals surface area contributed by atoms with Crippen molar-refractivity contribution in [2.75, 3.05) is 6.61 Å². The van der Waals surface area contributed by atoms with Gasteiger partial charge in [-0.25, -0.2) is 8.78 Å². The summed E-state index contributed by atoms with van der Waals surface area (Å²) in [5.41, 5.74) is -0.572. The molecule has 0 amide bonds. The molecule has 0 radical (unpaired) electrons. The van der Waals surface area contributed by atoms with Crippen LogP contribution < -0.4 is 0 Å². The average Bonchev–Trinajstić information content (AvgIpc) is 2.41. The van der Waals surface area contributed by atoms with Crippen molar-refractivity contribution in [1.82, 2.24) is 0 Å². The highest BCUT2D eigenvalue weighted by Crippen LogP contribution is 2.42. The zero-order valence-corrected chi connectivity index (χ0v) is 10.7. The first-order valence-corrected chi connectivity index (χ1v) is 6.37. The van der Waals surface area contributed by atoms with Crippen LogP contribution in [0.25, 0.3) is 0 Å². The normalized spacial score (nSPS) is 31.2. The second-order valence-corrected chi connectivity index (χ2v) is 5.16. The van der Waals surface area contributed by atoms with Gasteiger partial charge in [-0.3, -0.25) is 4.74 Å². The Morgan fingerprint density at radius 3 is 2.30 bits per heavy atom. The summed E-state index contributed by atoms with van der Waals surface area (Å²) in [4.78, 5) is 0. The fourth-order valence-corrected chi connectivity index (χ4v) is 2.69. The molecule has 1 aromatic rings. The number of alkyl halides is 5. The summed E-state index contributed by atoms with van der Waals surface area (Å²) >= 11 is 0. The summed E-state index contributed by atoms with van der Waals surface area (Å²) in [6.45, 7) is -0.687. The van der Waals surface area contributed by atoms with Gasteiger partial charge in [0.1, 0.15) is 12.3 Å². The zero-order valence-electron chi connectivity index (χ0n) is 10.7. The predicted octanol–water partition coefficient (Wildman–Crippen LogP) is 4.32. The van der Waals surface area contributed by atoms with E-state index >= 15 is 0 Å². The van der Waals surface area contributed by atoms with E-state index < -0.39 is 30.7 Å². The van der Waals surface area contributed by atoms with Crippen LogP contribution in [0.3, 0.4) is 0 Å². The molecule has 3 unspecified atom stereocenters. The van der Waals surface area contributed by atoms with Gasteiger partial charge in [-0.15, -0.1) is 13.2 Å². The van der Waals surface area contributed by atoms with Crippen molar-refractivity contribution in [3.8, 4) is 0 Å². The second-order valence-electron chi connectivity index (χ2n) is 5.16. The van der Waals surface area contributed by atoms with Crippen LogP contribution in [-0.2, 0) is 10.2 Å². The fraction of sp³-hybridized carbons (Fsp3) is 0.571. The summed E-state index contributed by atoms with van der Waals surface area (Å²) in [5, 5.41) is 0. The lowest BCUT2D eigenvalue weighted by Crippen LogP contribution is -2.43. The predicted molar refractivity (Wildman–Crippen MR) is 63.8 cm³/mol. The minimum atomic E-state index is -4.78. The van der Waals surface area contributed by atoms with E-state index in [1.54, 1.807) is 30.3 Å². The third-order valence-corrected chi connectivity index (χ3v) is 3.78. The maximum atomic E-state index is 13.7. The lowest BCUT2D eigenvalue weighted by molar-refractivity contribution is -0.331. The van der Waals surface area contributed by atoms with Crippen molar-refractivity contribution in [2.45, 2.75) is 43.4 Å². The van der Waals surface area contributed by atoms with Crippen LogP contribution in [-0.4, -0.2) is 25.3 Å². The van der Waals surface area contributed by atoms with Gasteiger partial charge in [0.25, 0.3) is 0 Å². The van der Waals surface area contributed by atoms with E-state index in [2.05, 4.69) is 4.74 Å². The van der Waals surface area contributed by atoms with Gasteiger partial charge in [-0.2, -0.15) is 0 Å². The molecule has 6 heteroatoms. The molecular weight excluding hydrogens is 279 g/mol. The molecule has 0 N–H and O–H groups in total. The van der Waals surface area contributed by atoms with Crippen molar-refractivity contribution in [3.63, 3.8) is 0 Å². The van der Waals surface area contributed by atoms with Crippen molar-refractivity contribution >= 4 is 0 Å². The van der Waals surface area contributed by atoms with Gasteiger partial charge >= 0.3 is 6.36 Å². The average molecular weight is 294 g/mol. The smallest absolute Gasteiger partial charge is 0.291 e. The molecule has 2 rings (SSSR count). The second kappa shape index (κ2) is 5.68. The topological polar surface area (TPSA) is 9.23 Å². The third kappa shape index (κ3) is 3.48.